The van der Waals surface area contributed by atoms with Crippen molar-refractivity contribution in [2.75, 3.05) is 13.2 Å². The molecule has 0 bridgehead atoms. The van der Waals surface area contributed by atoms with Gasteiger partial charge in [0.2, 0.25) is 0 Å². The van der Waals surface area contributed by atoms with E-state index in [1.54, 1.807) is 0 Å². The number of rotatable bonds is 10. The van der Waals surface area contributed by atoms with E-state index in [4.69, 9.17) is 9.53 Å². The van der Waals surface area contributed by atoms with Crippen molar-refractivity contribution in [2.45, 2.75) is 57.9 Å². The lowest BCUT2D eigenvalue weighted by molar-refractivity contribution is 0.302. The Morgan fingerprint density at radius 1 is 1.00 bits per heavy atom. The van der Waals surface area contributed by atoms with Gasteiger partial charge >= 0.3 is 0 Å². The van der Waals surface area contributed by atoms with Gasteiger partial charge in [-0.15, -0.1) is 0 Å². The lowest BCUT2D eigenvalue weighted by atomic mass is 10.2. The SMILES string of the molecule is CC(C)(C)[SiH2]OCCCCC=CCC=CCCO. The molecule has 0 amide bonds. The van der Waals surface area contributed by atoms with Crippen LogP contribution in [0.1, 0.15) is 52.9 Å². The summed E-state index contributed by atoms with van der Waals surface area (Å²) in [5.41, 5.74) is 0. The van der Waals surface area contributed by atoms with Crippen molar-refractivity contribution in [1.82, 2.24) is 0 Å². The Balaban J connectivity index is 3.22. The molecule has 106 valence electrons. The number of aliphatic hydroxyl groups excluding tert-OH is 1. The van der Waals surface area contributed by atoms with Crippen molar-refractivity contribution in [3.05, 3.63) is 24.3 Å². The fourth-order valence-corrected chi connectivity index (χ4v) is 2.39. The zero-order valence-corrected chi connectivity index (χ0v) is 13.7. The Labute approximate surface area is 115 Å². The average Bonchev–Trinajstić information content (AvgIpc) is 2.29. The lowest BCUT2D eigenvalue weighted by Crippen LogP contribution is -2.13. The summed E-state index contributed by atoms with van der Waals surface area (Å²) in [5.74, 6) is 0. The van der Waals surface area contributed by atoms with E-state index in [2.05, 4.69) is 39.0 Å². The molecule has 0 saturated heterocycles. The molecule has 0 aromatic heterocycles. The number of allylic oxidation sites excluding steroid dienone is 3. The molecule has 0 spiro atoms. The Morgan fingerprint density at radius 3 is 2.28 bits per heavy atom. The van der Waals surface area contributed by atoms with E-state index in [0.717, 1.165) is 25.9 Å². The first-order chi connectivity index (χ1) is 8.56. The van der Waals surface area contributed by atoms with Gasteiger partial charge in [0.05, 0.1) is 0 Å². The van der Waals surface area contributed by atoms with Gasteiger partial charge < -0.3 is 9.53 Å². The molecule has 1 N–H and O–H groups in total. The molecule has 0 aromatic carbocycles. The predicted molar refractivity (Wildman–Crippen MR) is 82.7 cm³/mol. The lowest BCUT2D eigenvalue weighted by Gasteiger charge is -2.16. The highest BCUT2D eigenvalue weighted by atomic mass is 28.2. The number of unbranched alkanes of at least 4 members (excludes halogenated alkanes) is 2. The normalized spacial score (nSPS) is 13.6. The van der Waals surface area contributed by atoms with Crippen LogP contribution < -0.4 is 0 Å². The molecule has 0 fully saturated rings. The van der Waals surface area contributed by atoms with E-state index < -0.39 is 0 Å². The summed E-state index contributed by atoms with van der Waals surface area (Å²) in [6.07, 6.45) is 13.8. The Morgan fingerprint density at radius 2 is 1.67 bits per heavy atom. The maximum Gasteiger partial charge on any atom is 0.166 e. The first-order valence-corrected chi connectivity index (χ1v) is 8.33. The smallest absolute Gasteiger partial charge is 0.166 e. The van der Waals surface area contributed by atoms with Crippen LogP contribution in [0.25, 0.3) is 0 Å². The second-order valence-electron chi connectivity index (χ2n) is 5.80. The Bertz CT molecular complexity index is 229. The predicted octanol–water partition coefficient (Wildman–Crippen LogP) is 3.36. The van der Waals surface area contributed by atoms with Crippen LogP contribution in [0.15, 0.2) is 24.3 Å². The molecule has 18 heavy (non-hydrogen) atoms. The molecule has 0 unspecified atom stereocenters. The summed E-state index contributed by atoms with van der Waals surface area (Å²) >= 11 is 0. The topological polar surface area (TPSA) is 29.5 Å². The van der Waals surface area contributed by atoms with Crippen molar-refractivity contribution in [3.63, 3.8) is 0 Å². The monoisotopic (exact) mass is 270 g/mol. The van der Waals surface area contributed by atoms with Gasteiger partial charge in [-0.1, -0.05) is 45.1 Å². The fourth-order valence-electron chi connectivity index (χ4n) is 1.43. The highest BCUT2D eigenvalue weighted by molar-refractivity contribution is 6.31. The zero-order chi connectivity index (χ0) is 13.7. The second kappa shape index (κ2) is 11.7. The molecular formula is C15H30O2Si. The van der Waals surface area contributed by atoms with Gasteiger partial charge in [-0.2, -0.15) is 0 Å². The first-order valence-electron chi connectivity index (χ1n) is 7.05. The van der Waals surface area contributed by atoms with E-state index in [9.17, 15) is 0 Å². The maximum absolute atomic E-state index is 8.58. The highest BCUT2D eigenvalue weighted by Gasteiger charge is 2.10. The number of hydrogen-bond donors (Lipinski definition) is 1. The van der Waals surface area contributed by atoms with E-state index in [-0.39, 0.29) is 16.4 Å². The summed E-state index contributed by atoms with van der Waals surface area (Å²) in [7, 11) is -0.354. The van der Waals surface area contributed by atoms with Crippen molar-refractivity contribution in [1.29, 1.82) is 0 Å². The van der Waals surface area contributed by atoms with Crippen LogP contribution in [-0.4, -0.2) is 28.1 Å². The van der Waals surface area contributed by atoms with Crippen molar-refractivity contribution in [3.8, 4) is 0 Å². The molecule has 3 heteroatoms. The maximum atomic E-state index is 8.58. The quantitative estimate of drug-likeness (QED) is 0.375. The van der Waals surface area contributed by atoms with Crippen LogP contribution in [0, 0.1) is 0 Å². The highest BCUT2D eigenvalue weighted by Crippen LogP contribution is 2.19. The zero-order valence-electron chi connectivity index (χ0n) is 12.3. The molecule has 0 aromatic rings. The van der Waals surface area contributed by atoms with Crippen LogP contribution in [0.4, 0.5) is 0 Å². The molecule has 0 radical (unpaired) electrons. The molecule has 0 saturated carbocycles. The number of aliphatic hydroxyl groups is 1. The third-order valence-electron chi connectivity index (χ3n) is 2.35. The fraction of sp³-hybridized carbons (Fsp3) is 0.733. The minimum absolute atomic E-state index is 0.248. The van der Waals surface area contributed by atoms with E-state index in [0.29, 0.717) is 5.04 Å². The number of hydrogen-bond acceptors (Lipinski definition) is 2. The summed E-state index contributed by atoms with van der Waals surface area (Å²) in [6, 6.07) is 0. The summed E-state index contributed by atoms with van der Waals surface area (Å²) in [6.45, 7) is 7.95. The second-order valence-corrected chi connectivity index (χ2v) is 8.62. The summed E-state index contributed by atoms with van der Waals surface area (Å²) < 4.78 is 5.75. The van der Waals surface area contributed by atoms with Crippen LogP contribution >= 0.6 is 0 Å². The standard InChI is InChI=1S/C15H30O2Si/c1-15(2,3)18-17-14-12-10-8-6-4-5-7-9-11-13-16/h4,6-7,9,16H,5,8,10-14,18H2,1-3H3. The van der Waals surface area contributed by atoms with Crippen LogP contribution in [0.3, 0.4) is 0 Å². The third kappa shape index (κ3) is 15.6. The van der Waals surface area contributed by atoms with Gasteiger partial charge in [0.25, 0.3) is 0 Å². The minimum Gasteiger partial charge on any atom is -0.423 e. The van der Waals surface area contributed by atoms with Crippen LogP contribution in [0.5, 0.6) is 0 Å². The van der Waals surface area contributed by atoms with Gasteiger partial charge in [-0.25, -0.2) is 0 Å². The molecule has 0 aliphatic carbocycles. The van der Waals surface area contributed by atoms with Crippen molar-refractivity contribution in [2.24, 2.45) is 0 Å². The third-order valence-corrected chi connectivity index (χ3v) is 3.70. The van der Waals surface area contributed by atoms with Gasteiger partial charge in [-0.3, -0.25) is 0 Å². The van der Waals surface area contributed by atoms with Crippen LogP contribution in [0.2, 0.25) is 5.04 Å². The molecule has 0 atom stereocenters. The molecular weight excluding hydrogens is 240 g/mol. The average molecular weight is 270 g/mol. The largest absolute Gasteiger partial charge is 0.423 e. The van der Waals surface area contributed by atoms with E-state index >= 15 is 0 Å². The minimum atomic E-state index is -0.354. The molecule has 0 rings (SSSR count). The Hall–Kier alpha value is -0.383. The Kier molecular flexibility index (Phi) is 11.4. The van der Waals surface area contributed by atoms with Gasteiger partial charge in [-0.05, 0) is 37.1 Å². The van der Waals surface area contributed by atoms with Gasteiger partial charge in [0, 0.05) is 13.2 Å². The molecule has 0 aliphatic heterocycles. The molecule has 0 heterocycles. The van der Waals surface area contributed by atoms with Crippen LogP contribution in [-0.2, 0) is 4.43 Å². The molecule has 2 nitrogen and oxygen atoms in total. The van der Waals surface area contributed by atoms with E-state index in [1.165, 1.54) is 12.8 Å². The molecule has 0 aliphatic rings. The van der Waals surface area contributed by atoms with Gasteiger partial charge in [0.1, 0.15) is 0 Å². The summed E-state index contributed by atoms with van der Waals surface area (Å²) in [5, 5.41) is 9.00. The summed E-state index contributed by atoms with van der Waals surface area (Å²) in [4.78, 5) is 0. The van der Waals surface area contributed by atoms with Crippen molar-refractivity contribution >= 4 is 9.76 Å². The van der Waals surface area contributed by atoms with Gasteiger partial charge in [0.15, 0.2) is 9.76 Å². The van der Waals surface area contributed by atoms with Crippen molar-refractivity contribution < 1.29 is 9.53 Å². The van der Waals surface area contributed by atoms with E-state index in [1.807, 2.05) is 6.08 Å². The first kappa shape index (κ1) is 17.6.